The van der Waals surface area contributed by atoms with Crippen molar-refractivity contribution >= 4 is 17.9 Å². The quantitative estimate of drug-likeness (QED) is 0.598. The van der Waals surface area contributed by atoms with E-state index < -0.39 is 17.6 Å². The molecule has 1 aliphatic rings. The molecule has 0 bridgehead atoms. The molecule has 0 aromatic heterocycles. The number of rotatable bonds is 7. The van der Waals surface area contributed by atoms with Gasteiger partial charge in [0, 0.05) is 31.7 Å². The molecule has 0 saturated carbocycles. The molecule has 1 heterocycles. The molecule has 2 rings (SSSR count). The lowest BCUT2D eigenvalue weighted by atomic mass is 9.96. The van der Waals surface area contributed by atoms with Crippen LogP contribution >= 0.6 is 0 Å². The van der Waals surface area contributed by atoms with Crippen molar-refractivity contribution in [1.29, 1.82) is 0 Å². The number of carbonyl (C=O) groups excluding carboxylic acids is 3. The Morgan fingerprint density at radius 2 is 1.79 bits per heavy atom. The largest absolute Gasteiger partial charge is 0.444 e. The van der Waals surface area contributed by atoms with Crippen LogP contribution in [-0.4, -0.2) is 54.6 Å². The number of benzene rings is 1. The van der Waals surface area contributed by atoms with E-state index in [-0.39, 0.29) is 11.8 Å². The van der Waals surface area contributed by atoms with Gasteiger partial charge in [-0.05, 0) is 57.9 Å². The summed E-state index contributed by atoms with van der Waals surface area (Å²) in [6.07, 6.45) is 1.31. The van der Waals surface area contributed by atoms with Gasteiger partial charge in [-0.1, -0.05) is 12.1 Å². The summed E-state index contributed by atoms with van der Waals surface area (Å²) in [5.41, 5.74) is 6.30. The first kappa shape index (κ1) is 22.7. The van der Waals surface area contributed by atoms with E-state index in [2.05, 4.69) is 15.5 Å². The van der Waals surface area contributed by atoms with Gasteiger partial charge in [-0.15, -0.1) is 0 Å². The maximum atomic E-state index is 12.5. The smallest absolute Gasteiger partial charge is 0.407 e. The lowest BCUT2D eigenvalue weighted by Crippen LogP contribution is -2.44. The fraction of sp³-hybridized carbons (Fsp3) is 0.571. The number of alkyl carbamates (subject to hydrolysis) is 1. The number of nitrogens with two attached hydrogens (primary N) is 1. The molecule has 8 nitrogen and oxygen atoms in total. The maximum absolute atomic E-state index is 12.5. The number of nitrogens with one attached hydrogen (secondary N) is 2. The summed E-state index contributed by atoms with van der Waals surface area (Å²) in [4.78, 5) is 37.5. The number of likely N-dealkylation sites (tertiary alicyclic amines) is 1. The van der Waals surface area contributed by atoms with Gasteiger partial charge in [-0.2, -0.15) is 0 Å². The molecular weight excluding hydrogens is 372 g/mol. The summed E-state index contributed by atoms with van der Waals surface area (Å²) < 4.78 is 5.16. The summed E-state index contributed by atoms with van der Waals surface area (Å²) in [5.74, 6) is -0.507. The van der Waals surface area contributed by atoms with Crippen LogP contribution in [0.1, 0.15) is 49.5 Å². The van der Waals surface area contributed by atoms with Crippen molar-refractivity contribution in [1.82, 2.24) is 15.5 Å². The molecule has 1 atom stereocenters. The Labute approximate surface area is 172 Å². The van der Waals surface area contributed by atoms with Crippen molar-refractivity contribution in [3.8, 4) is 0 Å². The fourth-order valence-corrected chi connectivity index (χ4v) is 3.25. The highest BCUT2D eigenvalue weighted by Gasteiger charge is 2.25. The Morgan fingerprint density at radius 1 is 1.14 bits per heavy atom. The Kier molecular flexibility index (Phi) is 8.01. The molecular formula is C21H32N4O4. The van der Waals surface area contributed by atoms with Crippen LogP contribution in [0.2, 0.25) is 0 Å². The van der Waals surface area contributed by atoms with Gasteiger partial charge < -0.3 is 21.1 Å². The first-order valence-electron chi connectivity index (χ1n) is 10.00. The standard InChI is InChI=1S/C21H32N4O4/c1-21(2,3)29-20(28)24-11-10-23-19(27)17-5-4-12-25(14-17)13-15-6-8-16(9-7-15)18(22)26/h6-9,17H,4-5,10-14H2,1-3H3,(H2,22,26)(H,23,27)(H,24,28). The van der Waals surface area contributed by atoms with Crippen molar-refractivity contribution in [3.63, 3.8) is 0 Å². The zero-order chi connectivity index (χ0) is 21.4. The van der Waals surface area contributed by atoms with Gasteiger partial charge in [0.1, 0.15) is 5.60 Å². The van der Waals surface area contributed by atoms with Crippen molar-refractivity contribution in [2.24, 2.45) is 11.7 Å². The molecule has 0 spiro atoms. The van der Waals surface area contributed by atoms with Crippen LogP contribution in [0.4, 0.5) is 4.79 Å². The second kappa shape index (κ2) is 10.2. The second-order valence-corrected chi connectivity index (χ2v) is 8.36. The third kappa shape index (κ3) is 8.11. The summed E-state index contributed by atoms with van der Waals surface area (Å²) in [6.45, 7) is 8.43. The average molecular weight is 405 g/mol. The lowest BCUT2D eigenvalue weighted by molar-refractivity contribution is -0.126. The number of carbonyl (C=O) groups is 3. The van der Waals surface area contributed by atoms with Crippen LogP contribution in [-0.2, 0) is 16.1 Å². The molecule has 1 aromatic carbocycles. The number of hydrogen-bond acceptors (Lipinski definition) is 5. The Bertz CT molecular complexity index is 712. The summed E-state index contributed by atoms with van der Waals surface area (Å²) in [6, 6.07) is 7.24. The predicted octanol–water partition coefficient (Wildman–Crippen LogP) is 1.64. The molecule has 0 aliphatic carbocycles. The Morgan fingerprint density at radius 3 is 2.41 bits per heavy atom. The second-order valence-electron chi connectivity index (χ2n) is 8.36. The van der Waals surface area contributed by atoms with E-state index in [1.807, 2.05) is 12.1 Å². The Hall–Kier alpha value is -2.61. The van der Waals surface area contributed by atoms with Crippen molar-refractivity contribution in [3.05, 3.63) is 35.4 Å². The van der Waals surface area contributed by atoms with E-state index in [0.29, 0.717) is 25.2 Å². The van der Waals surface area contributed by atoms with Gasteiger partial charge in [-0.25, -0.2) is 4.79 Å². The van der Waals surface area contributed by atoms with E-state index in [9.17, 15) is 14.4 Å². The number of primary amides is 1. The molecule has 160 valence electrons. The summed E-state index contributed by atoms with van der Waals surface area (Å²) >= 11 is 0. The molecule has 4 N–H and O–H groups in total. The van der Waals surface area contributed by atoms with Crippen LogP contribution in [0.5, 0.6) is 0 Å². The number of hydrogen-bond donors (Lipinski definition) is 3. The zero-order valence-corrected chi connectivity index (χ0v) is 17.5. The maximum Gasteiger partial charge on any atom is 0.407 e. The highest BCUT2D eigenvalue weighted by atomic mass is 16.6. The average Bonchev–Trinajstić information content (AvgIpc) is 2.64. The third-order valence-corrected chi connectivity index (χ3v) is 4.61. The van der Waals surface area contributed by atoms with Gasteiger partial charge >= 0.3 is 6.09 Å². The highest BCUT2D eigenvalue weighted by molar-refractivity contribution is 5.92. The Balaban J connectivity index is 1.73. The zero-order valence-electron chi connectivity index (χ0n) is 17.5. The van der Waals surface area contributed by atoms with Crippen LogP contribution in [0.15, 0.2) is 24.3 Å². The molecule has 8 heteroatoms. The fourth-order valence-electron chi connectivity index (χ4n) is 3.25. The first-order valence-corrected chi connectivity index (χ1v) is 10.00. The first-order chi connectivity index (χ1) is 13.6. The molecule has 1 aromatic rings. The molecule has 3 amide bonds. The molecule has 1 saturated heterocycles. The van der Waals surface area contributed by atoms with Crippen LogP contribution in [0.3, 0.4) is 0 Å². The molecule has 1 fully saturated rings. The van der Waals surface area contributed by atoms with Crippen LogP contribution < -0.4 is 16.4 Å². The predicted molar refractivity (Wildman–Crippen MR) is 110 cm³/mol. The summed E-state index contributed by atoms with van der Waals surface area (Å²) in [5, 5.41) is 5.52. The van der Waals surface area contributed by atoms with Crippen molar-refractivity contribution in [2.75, 3.05) is 26.2 Å². The van der Waals surface area contributed by atoms with E-state index in [1.54, 1.807) is 32.9 Å². The van der Waals surface area contributed by atoms with E-state index in [4.69, 9.17) is 10.5 Å². The third-order valence-electron chi connectivity index (χ3n) is 4.61. The van der Waals surface area contributed by atoms with E-state index in [0.717, 1.165) is 31.5 Å². The van der Waals surface area contributed by atoms with Crippen molar-refractivity contribution < 1.29 is 19.1 Å². The minimum atomic E-state index is -0.543. The number of piperidine rings is 1. The van der Waals surface area contributed by atoms with E-state index >= 15 is 0 Å². The van der Waals surface area contributed by atoms with Gasteiger partial charge in [0.15, 0.2) is 0 Å². The SMILES string of the molecule is CC(C)(C)OC(=O)NCCNC(=O)C1CCCN(Cc2ccc(C(N)=O)cc2)C1. The monoisotopic (exact) mass is 404 g/mol. The minimum Gasteiger partial charge on any atom is -0.444 e. The lowest BCUT2D eigenvalue weighted by Gasteiger charge is -2.32. The normalized spacial score (nSPS) is 17.4. The topological polar surface area (TPSA) is 114 Å². The van der Waals surface area contributed by atoms with Gasteiger partial charge in [0.2, 0.25) is 11.8 Å². The van der Waals surface area contributed by atoms with Gasteiger partial charge in [0.25, 0.3) is 0 Å². The summed E-state index contributed by atoms with van der Waals surface area (Å²) in [7, 11) is 0. The van der Waals surface area contributed by atoms with Crippen LogP contribution in [0.25, 0.3) is 0 Å². The van der Waals surface area contributed by atoms with Crippen molar-refractivity contribution in [2.45, 2.75) is 45.8 Å². The van der Waals surface area contributed by atoms with Crippen LogP contribution in [0, 0.1) is 5.92 Å². The van der Waals surface area contributed by atoms with E-state index in [1.165, 1.54) is 0 Å². The van der Waals surface area contributed by atoms with Gasteiger partial charge in [0.05, 0.1) is 5.92 Å². The molecule has 1 unspecified atom stereocenters. The molecule has 0 radical (unpaired) electrons. The molecule has 1 aliphatic heterocycles. The molecule has 29 heavy (non-hydrogen) atoms. The number of amides is 3. The number of nitrogens with zero attached hydrogens (tertiary/aromatic N) is 1. The van der Waals surface area contributed by atoms with Gasteiger partial charge in [-0.3, -0.25) is 14.5 Å². The minimum absolute atomic E-state index is 0.00441. The number of ether oxygens (including phenoxy) is 1. The highest BCUT2D eigenvalue weighted by Crippen LogP contribution is 2.19.